The van der Waals surface area contributed by atoms with Crippen molar-refractivity contribution in [3.63, 3.8) is 0 Å². The second-order valence-corrected chi connectivity index (χ2v) is 5.49. The lowest BCUT2D eigenvalue weighted by Crippen LogP contribution is -2.48. The second-order valence-electron chi connectivity index (χ2n) is 5.49. The maximum Gasteiger partial charge on any atom is 0.256 e. The molecule has 0 aliphatic carbocycles. The van der Waals surface area contributed by atoms with Crippen molar-refractivity contribution in [2.24, 2.45) is 0 Å². The van der Waals surface area contributed by atoms with Gasteiger partial charge in [-0.15, -0.1) is 0 Å². The van der Waals surface area contributed by atoms with Crippen LogP contribution in [0.1, 0.15) is 24.2 Å². The van der Waals surface area contributed by atoms with Gasteiger partial charge in [0.05, 0.1) is 23.5 Å². The monoisotopic (exact) mass is 306 g/mol. The van der Waals surface area contributed by atoms with Gasteiger partial charge in [0.2, 0.25) is 5.91 Å². The van der Waals surface area contributed by atoms with Crippen LogP contribution in [0.2, 0.25) is 0 Å². The molecule has 0 aromatic heterocycles. The third-order valence-electron chi connectivity index (χ3n) is 3.41. The van der Waals surface area contributed by atoms with Crippen molar-refractivity contribution in [3.8, 4) is 0 Å². The Morgan fingerprint density at radius 2 is 1.91 bits per heavy atom. The highest BCUT2D eigenvalue weighted by atomic mass is 16.5. The topological polar surface area (TPSA) is 67.9 Å². The van der Waals surface area contributed by atoms with E-state index in [4.69, 9.17) is 9.47 Å². The number of rotatable bonds is 4. The van der Waals surface area contributed by atoms with Crippen LogP contribution in [-0.4, -0.2) is 55.7 Å². The second kappa shape index (κ2) is 7.38. The van der Waals surface area contributed by atoms with Crippen LogP contribution in [0, 0.1) is 0 Å². The first-order valence-corrected chi connectivity index (χ1v) is 7.33. The number of methoxy groups -OCH3 is 1. The van der Waals surface area contributed by atoms with Crippen molar-refractivity contribution in [1.29, 1.82) is 0 Å². The van der Waals surface area contributed by atoms with Gasteiger partial charge in [-0.25, -0.2) is 0 Å². The Bertz CT molecular complexity index is 537. The van der Waals surface area contributed by atoms with Crippen LogP contribution in [0.15, 0.2) is 24.3 Å². The van der Waals surface area contributed by atoms with E-state index < -0.39 is 0 Å². The van der Waals surface area contributed by atoms with Gasteiger partial charge in [-0.05, 0) is 26.0 Å². The standard InChI is InChI=1S/C16H22N2O4/c1-11-8-18(9-12(2)22-11)16(20)13-6-4-5-7-14(13)17-15(19)10-21-3/h4-7,11-12H,8-10H2,1-3H3,(H,17,19)/t11-,12+. The van der Waals surface area contributed by atoms with Crippen molar-refractivity contribution < 1.29 is 19.1 Å². The minimum atomic E-state index is -0.286. The zero-order valence-electron chi connectivity index (χ0n) is 13.2. The SMILES string of the molecule is COCC(=O)Nc1ccccc1C(=O)N1C[C@@H](C)O[C@@H](C)C1. The third-order valence-corrected chi connectivity index (χ3v) is 3.41. The van der Waals surface area contributed by atoms with Gasteiger partial charge in [-0.2, -0.15) is 0 Å². The molecular weight excluding hydrogens is 284 g/mol. The molecule has 6 heteroatoms. The lowest BCUT2D eigenvalue weighted by atomic mass is 10.1. The molecule has 1 aliphatic rings. The van der Waals surface area contributed by atoms with Crippen LogP contribution in [0.25, 0.3) is 0 Å². The molecule has 22 heavy (non-hydrogen) atoms. The molecule has 2 atom stereocenters. The van der Waals surface area contributed by atoms with E-state index in [1.54, 1.807) is 29.2 Å². The van der Waals surface area contributed by atoms with E-state index in [9.17, 15) is 9.59 Å². The predicted octanol–water partition coefficient (Wildman–Crippen LogP) is 1.52. The van der Waals surface area contributed by atoms with Crippen LogP contribution in [0.4, 0.5) is 5.69 Å². The van der Waals surface area contributed by atoms with Crippen molar-refractivity contribution in [2.75, 3.05) is 32.1 Å². The number of nitrogens with zero attached hydrogens (tertiary/aromatic N) is 1. The van der Waals surface area contributed by atoms with Crippen LogP contribution in [0.5, 0.6) is 0 Å². The Labute approximate surface area is 130 Å². The van der Waals surface area contributed by atoms with E-state index in [2.05, 4.69) is 5.32 Å². The van der Waals surface area contributed by atoms with E-state index in [0.717, 1.165) is 0 Å². The van der Waals surface area contributed by atoms with Crippen molar-refractivity contribution in [3.05, 3.63) is 29.8 Å². The highest BCUT2D eigenvalue weighted by molar-refractivity contribution is 6.04. The summed E-state index contributed by atoms with van der Waals surface area (Å²) in [6.07, 6.45) is 0.00545. The fourth-order valence-electron chi connectivity index (χ4n) is 2.61. The van der Waals surface area contributed by atoms with Gasteiger partial charge in [-0.3, -0.25) is 9.59 Å². The van der Waals surface area contributed by atoms with E-state index in [0.29, 0.717) is 24.3 Å². The number of nitrogens with one attached hydrogen (secondary N) is 1. The van der Waals surface area contributed by atoms with Crippen molar-refractivity contribution in [1.82, 2.24) is 4.90 Å². The Hall–Kier alpha value is -1.92. The molecule has 1 saturated heterocycles. The zero-order valence-corrected chi connectivity index (χ0v) is 13.2. The molecule has 2 amide bonds. The minimum absolute atomic E-state index is 0.00273. The highest BCUT2D eigenvalue weighted by Crippen LogP contribution is 2.20. The first kappa shape index (κ1) is 16.5. The summed E-state index contributed by atoms with van der Waals surface area (Å²) < 4.78 is 10.4. The lowest BCUT2D eigenvalue weighted by molar-refractivity contribution is -0.119. The summed E-state index contributed by atoms with van der Waals surface area (Å²) in [6, 6.07) is 7.00. The number of morpholine rings is 1. The summed E-state index contributed by atoms with van der Waals surface area (Å²) in [6.45, 7) is 4.94. The molecule has 2 rings (SSSR count). The van der Waals surface area contributed by atoms with E-state index in [-0.39, 0.29) is 30.6 Å². The molecule has 120 valence electrons. The molecular formula is C16H22N2O4. The van der Waals surface area contributed by atoms with Crippen LogP contribution < -0.4 is 5.32 Å². The lowest BCUT2D eigenvalue weighted by Gasteiger charge is -2.35. The van der Waals surface area contributed by atoms with Gasteiger partial charge in [0.15, 0.2) is 0 Å². The van der Waals surface area contributed by atoms with Gasteiger partial charge in [-0.1, -0.05) is 12.1 Å². The molecule has 0 radical (unpaired) electrons. The number of hydrogen-bond donors (Lipinski definition) is 1. The smallest absolute Gasteiger partial charge is 0.256 e. The normalized spacial score (nSPS) is 21.5. The Balaban J connectivity index is 2.17. The molecule has 1 aromatic rings. The minimum Gasteiger partial charge on any atom is -0.375 e. The van der Waals surface area contributed by atoms with E-state index in [1.165, 1.54) is 7.11 Å². The summed E-state index contributed by atoms with van der Waals surface area (Å²) in [5.41, 5.74) is 0.981. The van der Waals surface area contributed by atoms with Gasteiger partial charge >= 0.3 is 0 Å². The number of para-hydroxylation sites is 1. The summed E-state index contributed by atoms with van der Waals surface area (Å²) in [5.74, 6) is -0.387. The first-order valence-electron chi connectivity index (χ1n) is 7.33. The molecule has 0 saturated carbocycles. The van der Waals surface area contributed by atoms with Gasteiger partial charge in [0.25, 0.3) is 5.91 Å². The maximum atomic E-state index is 12.7. The predicted molar refractivity (Wildman–Crippen MR) is 82.9 cm³/mol. The maximum absolute atomic E-state index is 12.7. The van der Waals surface area contributed by atoms with E-state index in [1.807, 2.05) is 13.8 Å². The molecule has 0 unspecified atom stereocenters. The van der Waals surface area contributed by atoms with Gasteiger partial charge in [0, 0.05) is 20.2 Å². The van der Waals surface area contributed by atoms with Gasteiger partial charge < -0.3 is 19.7 Å². The number of carbonyl (C=O) groups excluding carboxylic acids is 2. The molecule has 1 fully saturated rings. The Kier molecular flexibility index (Phi) is 5.51. The fraction of sp³-hybridized carbons (Fsp3) is 0.500. The quantitative estimate of drug-likeness (QED) is 0.916. The van der Waals surface area contributed by atoms with Crippen molar-refractivity contribution >= 4 is 17.5 Å². The highest BCUT2D eigenvalue weighted by Gasteiger charge is 2.27. The van der Waals surface area contributed by atoms with Crippen LogP contribution >= 0.6 is 0 Å². The van der Waals surface area contributed by atoms with Crippen molar-refractivity contribution in [2.45, 2.75) is 26.1 Å². The number of ether oxygens (including phenoxy) is 2. The van der Waals surface area contributed by atoms with Crippen LogP contribution in [-0.2, 0) is 14.3 Å². The fourth-order valence-corrected chi connectivity index (χ4v) is 2.61. The molecule has 0 bridgehead atoms. The number of carbonyl (C=O) groups is 2. The average molecular weight is 306 g/mol. The number of benzene rings is 1. The Morgan fingerprint density at radius 1 is 1.27 bits per heavy atom. The number of hydrogen-bond acceptors (Lipinski definition) is 4. The third kappa shape index (κ3) is 4.05. The molecule has 1 heterocycles. The largest absolute Gasteiger partial charge is 0.375 e. The van der Waals surface area contributed by atoms with Crippen LogP contribution in [0.3, 0.4) is 0 Å². The molecule has 1 aromatic carbocycles. The molecule has 1 N–H and O–H groups in total. The number of amides is 2. The average Bonchev–Trinajstić information content (AvgIpc) is 2.46. The number of anilines is 1. The summed E-state index contributed by atoms with van der Waals surface area (Å²) in [7, 11) is 1.45. The summed E-state index contributed by atoms with van der Waals surface area (Å²) in [5, 5.41) is 2.71. The molecule has 0 spiro atoms. The Morgan fingerprint density at radius 3 is 2.55 bits per heavy atom. The first-order chi connectivity index (χ1) is 10.5. The van der Waals surface area contributed by atoms with Gasteiger partial charge in [0.1, 0.15) is 6.61 Å². The summed E-state index contributed by atoms with van der Waals surface area (Å²) >= 11 is 0. The summed E-state index contributed by atoms with van der Waals surface area (Å²) in [4.78, 5) is 26.2. The van der Waals surface area contributed by atoms with E-state index >= 15 is 0 Å². The molecule has 6 nitrogen and oxygen atoms in total. The molecule has 1 aliphatic heterocycles. The zero-order chi connectivity index (χ0) is 16.1.